The fourth-order valence-corrected chi connectivity index (χ4v) is 5.59. The third-order valence-corrected chi connectivity index (χ3v) is 7.46. The van der Waals surface area contributed by atoms with Gasteiger partial charge in [-0.25, -0.2) is 29.9 Å². The fourth-order valence-electron chi connectivity index (χ4n) is 5.59. The molecule has 0 amide bonds. The molecule has 0 unspecified atom stereocenters. The zero-order valence-corrected chi connectivity index (χ0v) is 23.5. The van der Waals surface area contributed by atoms with E-state index in [1.54, 1.807) is 0 Å². The van der Waals surface area contributed by atoms with E-state index in [4.69, 9.17) is 29.9 Å². The Labute approximate surface area is 246 Å². The van der Waals surface area contributed by atoms with Gasteiger partial charge in [0.15, 0.2) is 23.3 Å². The summed E-state index contributed by atoms with van der Waals surface area (Å²) < 4.78 is 0. The first-order valence-corrected chi connectivity index (χ1v) is 13.0. The maximum absolute atomic E-state index is 5.02. The summed E-state index contributed by atoms with van der Waals surface area (Å²) in [6, 6.07) is 32.2. The van der Waals surface area contributed by atoms with Gasteiger partial charge in [0.1, 0.15) is 22.6 Å². The first-order chi connectivity index (χ1) is 19.8. The number of benzene rings is 4. The minimum absolute atomic E-state index is 0. The van der Waals surface area contributed by atoms with E-state index in [-0.39, 0.29) is 21.1 Å². The van der Waals surface area contributed by atoms with E-state index in [1.807, 2.05) is 97.1 Å². The molecule has 194 valence electrons. The molecule has 2 aliphatic heterocycles. The van der Waals surface area contributed by atoms with Crippen molar-refractivity contribution in [3.8, 4) is 45.6 Å². The van der Waals surface area contributed by atoms with Gasteiger partial charge in [0.25, 0.3) is 0 Å². The monoisotopic (exact) mass is 709 g/mol. The van der Waals surface area contributed by atoms with Crippen LogP contribution in [0.4, 0.5) is 0 Å². The minimum Gasteiger partial charge on any atom is -0.324 e. The second-order valence-electron chi connectivity index (χ2n) is 9.79. The van der Waals surface area contributed by atoms with E-state index in [2.05, 4.69) is 9.97 Å². The number of aromatic nitrogens is 8. The van der Waals surface area contributed by atoms with Gasteiger partial charge in [-0.2, -0.15) is 0 Å². The topological polar surface area (TPSA) is 109 Å². The van der Waals surface area contributed by atoms with Crippen LogP contribution in [0.25, 0.3) is 89.7 Å². The molecule has 8 bridgehead atoms. The average molecular weight is 710 g/mol. The predicted molar refractivity (Wildman–Crippen MR) is 156 cm³/mol. The predicted octanol–water partition coefficient (Wildman–Crippen LogP) is 6.87. The van der Waals surface area contributed by atoms with Crippen LogP contribution in [0.2, 0.25) is 0 Å². The smallest absolute Gasteiger partial charge is 0.324 e. The van der Waals surface area contributed by atoms with E-state index in [0.717, 1.165) is 43.8 Å². The number of hydrogen-bond acceptors (Lipinski definition) is 6. The van der Waals surface area contributed by atoms with E-state index in [1.165, 1.54) is 0 Å². The number of rotatable bonds is 0. The number of aromatic amines is 2. The van der Waals surface area contributed by atoms with Crippen LogP contribution < -0.4 is 0 Å². The molecular formula is C32H18N8Pt+2. The van der Waals surface area contributed by atoms with E-state index in [9.17, 15) is 0 Å². The molecule has 41 heavy (non-hydrogen) atoms. The van der Waals surface area contributed by atoms with Crippen molar-refractivity contribution in [3.63, 3.8) is 0 Å². The van der Waals surface area contributed by atoms with Crippen molar-refractivity contribution in [2.75, 3.05) is 0 Å². The van der Waals surface area contributed by atoms with E-state index < -0.39 is 0 Å². The quantitative estimate of drug-likeness (QED) is 0.178. The summed E-state index contributed by atoms with van der Waals surface area (Å²) in [6.45, 7) is 0. The van der Waals surface area contributed by atoms with Crippen molar-refractivity contribution in [3.05, 3.63) is 97.1 Å². The average Bonchev–Trinajstić information content (AvgIpc) is 3.73. The second-order valence-corrected chi connectivity index (χ2v) is 9.79. The molecule has 0 aliphatic carbocycles. The van der Waals surface area contributed by atoms with Gasteiger partial charge in [0.05, 0.1) is 0 Å². The fraction of sp³-hybridized carbons (Fsp3) is 0. The van der Waals surface area contributed by atoms with Crippen LogP contribution >= 0.6 is 0 Å². The zero-order valence-electron chi connectivity index (χ0n) is 21.2. The molecule has 9 rings (SSSR count). The van der Waals surface area contributed by atoms with Gasteiger partial charge >= 0.3 is 21.1 Å². The molecule has 2 N–H and O–H groups in total. The summed E-state index contributed by atoms with van der Waals surface area (Å²) in [5.74, 6) is 2.39. The van der Waals surface area contributed by atoms with Gasteiger partial charge < -0.3 is 9.97 Å². The number of hydrogen-bond donors (Lipinski definition) is 2. The molecule has 5 heterocycles. The minimum atomic E-state index is 0. The summed E-state index contributed by atoms with van der Waals surface area (Å²) in [5.41, 5.74) is 6.45. The third kappa shape index (κ3) is 3.57. The summed E-state index contributed by atoms with van der Waals surface area (Å²) in [6.07, 6.45) is 0. The Hall–Kier alpha value is -5.07. The molecule has 9 heteroatoms. The van der Waals surface area contributed by atoms with Gasteiger partial charge in [-0.05, 0) is 0 Å². The van der Waals surface area contributed by atoms with Crippen molar-refractivity contribution in [1.82, 2.24) is 39.9 Å². The van der Waals surface area contributed by atoms with Crippen molar-refractivity contribution in [2.45, 2.75) is 0 Å². The van der Waals surface area contributed by atoms with Crippen LogP contribution in [0.15, 0.2) is 97.1 Å². The van der Waals surface area contributed by atoms with Crippen molar-refractivity contribution < 1.29 is 21.1 Å². The van der Waals surface area contributed by atoms with Crippen LogP contribution in [0.5, 0.6) is 0 Å². The number of H-pyrrole nitrogens is 2. The van der Waals surface area contributed by atoms with Crippen LogP contribution in [0.3, 0.4) is 0 Å². The molecule has 0 fully saturated rings. The Balaban J connectivity index is 0.00000256. The normalized spacial score (nSPS) is 11.7. The second kappa shape index (κ2) is 8.98. The third-order valence-electron chi connectivity index (χ3n) is 7.46. The molecule has 7 aromatic rings. The van der Waals surface area contributed by atoms with E-state index >= 15 is 0 Å². The summed E-state index contributed by atoms with van der Waals surface area (Å²) in [7, 11) is 0. The van der Waals surface area contributed by atoms with Crippen molar-refractivity contribution in [1.29, 1.82) is 0 Å². The first kappa shape index (κ1) is 23.8. The molecule has 0 atom stereocenters. The summed E-state index contributed by atoms with van der Waals surface area (Å²) in [4.78, 5) is 36.8. The van der Waals surface area contributed by atoms with Gasteiger partial charge in [-0.3, -0.25) is 0 Å². The Morgan fingerprint density at radius 3 is 0.829 bits per heavy atom. The maximum atomic E-state index is 5.02. The van der Waals surface area contributed by atoms with Crippen molar-refractivity contribution >= 4 is 44.1 Å². The van der Waals surface area contributed by atoms with Crippen molar-refractivity contribution in [2.24, 2.45) is 0 Å². The Morgan fingerprint density at radius 2 is 0.561 bits per heavy atom. The Bertz CT molecular complexity index is 2030. The standard InChI is InChI=1S/C32H18N8.Pt/c1-2-10-18-17(9-1)25-33-26(18)38-28-21-13-5-6-14-22(21)30(35-28)40-32-24-16-8-7-15-23(24)31(36-32)39-29-20-12-4-3-11-19(20)27(34-29)37-25;/h1-16H,(H2,33,34,35,36,37,38,39,40);/q;+2. The van der Waals surface area contributed by atoms with Crippen LogP contribution in [-0.4, -0.2) is 39.9 Å². The summed E-state index contributed by atoms with van der Waals surface area (Å²) in [5, 5.41) is 3.82. The number of nitrogens with zero attached hydrogens (tertiary/aromatic N) is 6. The van der Waals surface area contributed by atoms with Crippen LogP contribution in [0.1, 0.15) is 0 Å². The zero-order chi connectivity index (χ0) is 26.2. The summed E-state index contributed by atoms with van der Waals surface area (Å²) >= 11 is 0. The molecular weight excluding hydrogens is 691 g/mol. The molecule has 0 spiro atoms. The SMILES string of the molecule is [Pt+2].c1ccc2c(c1)-c1nc-2nc2[nH]c(nc3nc(nc4[nH]c(n1)c1ccccc41)-c1ccccc1-3)c1ccccc21. The molecule has 4 aromatic carbocycles. The van der Waals surface area contributed by atoms with Gasteiger partial charge in [0.2, 0.25) is 0 Å². The van der Waals surface area contributed by atoms with Crippen LogP contribution in [-0.2, 0) is 21.1 Å². The van der Waals surface area contributed by atoms with Gasteiger partial charge in [-0.15, -0.1) is 0 Å². The number of fused-ring (bicyclic) bond motifs is 20. The largest absolute Gasteiger partial charge is 2.00 e. The molecule has 0 saturated heterocycles. The van der Waals surface area contributed by atoms with E-state index in [0.29, 0.717) is 45.9 Å². The molecule has 0 saturated carbocycles. The van der Waals surface area contributed by atoms with Gasteiger partial charge in [0, 0.05) is 43.8 Å². The molecule has 2 aliphatic rings. The molecule has 8 nitrogen and oxygen atoms in total. The molecule has 3 aromatic heterocycles. The molecule has 0 radical (unpaired) electrons. The Morgan fingerprint density at radius 1 is 0.317 bits per heavy atom. The maximum Gasteiger partial charge on any atom is 2.00 e. The van der Waals surface area contributed by atoms with Gasteiger partial charge in [-0.1, -0.05) is 97.1 Å². The first-order valence-electron chi connectivity index (χ1n) is 13.0. The number of nitrogens with one attached hydrogen (secondary N) is 2. The Kier molecular flexibility index (Phi) is 5.21. The van der Waals surface area contributed by atoms with Crippen LogP contribution in [0, 0.1) is 0 Å².